The summed E-state index contributed by atoms with van der Waals surface area (Å²) in [6.07, 6.45) is 0. The average molecular weight is 297 g/mol. The Balaban J connectivity index is 2.38. The number of rotatable bonds is 3. The lowest BCUT2D eigenvalue weighted by atomic mass is 10.2. The normalized spacial score (nSPS) is 11.6. The molecule has 2 aromatic carbocycles. The van der Waals surface area contributed by atoms with Crippen LogP contribution in [-0.4, -0.2) is 8.42 Å². The van der Waals surface area contributed by atoms with Crippen molar-refractivity contribution in [2.24, 2.45) is 0 Å². The summed E-state index contributed by atoms with van der Waals surface area (Å²) in [6.45, 7) is 1.63. The second kappa shape index (κ2) is 5.20. The number of halogens is 2. The van der Waals surface area contributed by atoms with Gasteiger partial charge in [0.25, 0.3) is 0 Å². The minimum atomic E-state index is -3.64. The molecule has 0 aromatic heterocycles. The Kier molecular flexibility index (Phi) is 3.76. The lowest BCUT2D eigenvalue weighted by Crippen LogP contribution is -2.07. The molecule has 0 atom stereocenters. The molecule has 0 spiro atoms. The first-order valence-corrected chi connectivity index (χ1v) is 7.47. The molecule has 3 nitrogen and oxygen atoms in total. The Morgan fingerprint density at radius 3 is 2.35 bits per heavy atom. The van der Waals surface area contributed by atoms with Crippen LogP contribution in [0.5, 0.6) is 0 Å². The van der Waals surface area contributed by atoms with Crippen LogP contribution in [0.2, 0.25) is 0 Å². The molecule has 0 unspecified atom stereocenters. The highest BCUT2D eigenvalue weighted by atomic mass is 32.2. The van der Waals surface area contributed by atoms with Gasteiger partial charge in [0.2, 0.25) is 0 Å². The molecule has 2 N–H and O–H groups in total. The van der Waals surface area contributed by atoms with Crippen molar-refractivity contribution in [2.75, 3.05) is 5.73 Å². The summed E-state index contributed by atoms with van der Waals surface area (Å²) in [5.74, 6) is -2.46. The van der Waals surface area contributed by atoms with Gasteiger partial charge in [-0.15, -0.1) is 0 Å². The van der Waals surface area contributed by atoms with Crippen LogP contribution >= 0.6 is 0 Å². The van der Waals surface area contributed by atoms with E-state index in [1.54, 1.807) is 13.0 Å². The molecule has 0 bridgehead atoms. The first kappa shape index (κ1) is 14.5. The molecule has 0 saturated carbocycles. The molecule has 106 valence electrons. The molecule has 0 aliphatic rings. The number of hydrogen-bond acceptors (Lipinski definition) is 3. The van der Waals surface area contributed by atoms with Gasteiger partial charge in [0.1, 0.15) is 0 Å². The van der Waals surface area contributed by atoms with Crippen LogP contribution in [0, 0.1) is 18.6 Å². The van der Waals surface area contributed by atoms with E-state index in [9.17, 15) is 17.2 Å². The van der Waals surface area contributed by atoms with E-state index >= 15 is 0 Å². The second-order valence-corrected chi connectivity index (χ2v) is 6.49. The first-order valence-electron chi connectivity index (χ1n) is 5.82. The van der Waals surface area contributed by atoms with Gasteiger partial charge < -0.3 is 5.73 Å². The van der Waals surface area contributed by atoms with Gasteiger partial charge in [0, 0.05) is 5.69 Å². The minimum absolute atomic E-state index is 0.136. The van der Waals surface area contributed by atoms with Crippen LogP contribution in [0.3, 0.4) is 0 Å². The highest BCUT2D eigenvalue weighted by Crippen LogP contribution is 2.22. The van der Waals surface area contributed by atoms with Gasteiger partial charge in [0.05, 0.1) is 10.6 Å². The van der Waals surface area contributed by atoms with Crippen LogP contribution < -0.4 is 5.73 Å². The van der Waals surface area contributed by atoms with Gasteiger partial charge in [-0.05, 0) is 48.4 Å². The minimum Gasteiger partial charge on any atom is -0.399 e. The summed E-state index contributed by atoms with van der Waals surface area (Å²) in [4.78, 5) is 0.136. The Bertz CT molecular complexity index is 758. The molecular formula is C14H13F2NO2S. The molecule has 0 saturated heterocycles. The third kappa shape index (κ3) is 2.96. The van der Waals surface area contributed by atoms with Crippen molar-refractivity contribution in [1.82, 2.24) is 0 Å². The van der Waals surface area contributed by atoms with E-state index in [-0.39, 0.29) is 10.5 Å². The highest BCUT2D eigenvalue weighted by Gasteiger charge is 2.18. The third-order valence-electron chi connectivity index (χ3n) is 2.87. The summed E-state index contributed by atoms with van der Waals surface area (Å²) in [7, 11) is -3.64. The number of aryl methyl sites for hydroxylation is 1. The van der Waals surface area contributed by atoms with Crippen LogP contribution in [-0.2, 0) is 15.6 Å². The predicted molar refractivity (Wildman–Crippen MR) is 72.8 cm³/mol. The maximum Gasteiger partial charge on any atom is 0.182 e. The second-order valence-electron chi connectivity index (χ2n) is 4.53. The van der Waals surface area contributed by atoms with Gasteiger partial charge in [0.15, 0.2) is 21.5 Å². The Labute approximate surface area is 116 Å². The van der Waals surface area contributed by atoms with E-state index in [1.165, 1.54) is 18.2 Å². The summed E-state index contributed by atoms with van der Waals surface area (Å²) in [6, 6.07) is 7.52. The maximum atomic E-state index is 13.1. The number of nitrogens with two attached hydrogens (primary N) is 1. The molecule has 0 aliphatic carbocycles. The van der Waals surface area contributed by atoms with Crippen LogP contribution in [0.1, 0.15) is 11.1 Å². The van der Waals surface area contributed by atoms with Crippen molar-refractivity contribution < 1.29 is 17.2 Å². The highest BCUT2D eigenvalue weighted by molar-refractivity contribution is 7.90. The topological polar surface area (TPSA) is 60.2 Å². The quantitative estimate of drug-likeness (QED) is 0.886. The van der Waals surface area contributed by atoms with Crippen molar-refractivity contribution in [3.63, 3.8) is 0 Å². The van der Waals surface area contributed by atoms with Crippen molar-refractivity contribution in [1.29, 1.82) is 0 Å². The average Bonchev–Trinajstić information content (AvgIpc) is 2.33. The molecule has 0 fully saturated rings. The van der Waals surface area contributed by atoms with Crippen molar-refractivity contribution in [3.05, 3.63) is 59.2 Å². The van der Waals surface area contributed by atoms with Gasteiger partial charge in [-0.1, -0.05) is 6.07 Å². The van der Waals surface area contributed by atoms with Crippen molar-refractivity contribution in [3.8, 4) is 0 Å². The standard InChI is InChI=1S/C14H13F2NO2S/c1-9-6-11(17)3-5-14(9)20(18,19)8-10-2-4-12(15)13(16)7-10/h2-7H,8,17H2,1H3. The molecule has 0 amide bonds. The Morgan fingerprint density at radius 1 is 1.05 bits per heavy atom. The van der Waals surface area contributed by atoms with Crippen molar-refractivity contribution in [2.45, 2.75) is 17.6 Å². The number of nitrogen functional groups attached to an aromatic ring is 1. The zero-order valence-corrected chi connectivity index (χ0v) is 11.5. The van der Waals surface area contributed by atoms with Crippen LogP contribution in [0.25, 0.3) is 0 Å². The fourth-order valence-electron chi connectivity index (χ4n) is 1.95. The summed E-state index contributed by atoms with van der Waals surface area (Å²) in [5, 5.41) is 0. The number of hydrogen-bond donors (Lipinski definition) is 1. The van der Waals surface area contributed by atoms with E-state index in [0.717, 1.165) is 12.1 Å². The largest absolute Gasteiger partial charge is 0.399 e. The molecule has 6 heteroatoms. The molecule has 0 heterocycles. The number of anilines is 1. The lowest BCUT2D eigenvalue weighted by Gasteiger charge is -2.09. The summed E-state index contributed by atoms with van der Waals surface area (Å²) >= 11 is 0. The summed E-state index contributed by atoms with van der Waals surface area (Å²) in [5.41, 5.74) is 6.76. The monoisotopic (exact) mass is 297 g/mol. The number of sulfone groups is 1. The first-order chi connectivity index (χ1) is 9.29. The molecule has 2 aromatic rings. The third-order valence-corrected chi connectivity index (χ3v) is 4.72. The van der Waals surface area contributed by atoms with Gasteiger partial charge in [-0.2, -0.15) is 0 Å². The Morgan fingerprint density at radius 2 is 1.75 bits per heavy atom. The smallest absolute Gasteiger partial charge is 0.182 e. The maximum absolute atomic E-state index is 13.1. The summed E-state index contributed by atoms with van der Waals surface area (Å²) < 4.78 is 50.5. The van der Waals surface area contributed by atoms with E-state index in [4.69, 9.17) is 5.73 Å². The van der Waals surface area contributed by atoms with E-state index in [1.807, 2.05) is 0 Å². The lowest BCUT2D eigenvalue weighted by molar-refractivity contribution is 0.507. The van der Waals surface area contributed by atoms with Crippen LogP contribution in [0.15, 0.2) is 41.3 Å². The zero-order valence-electron chi connectivity index (χ0n) is 10.7. The van der Waals surface area contributed by atoms with E-state index < -0.39 is 27.2 Å². The van der Waals surface area contributed by atoms with Gasteiger partial charge >= 0.3 is 0 Å². The fourth-order valence-corrected chi connectivity index (χ4v) is 3.55. The molecule has 0 aliphatic heterocycles. The predicted octanol–water partition coefficient (Wildman–Crippen LogP) is 2.83. The fraction of sp³-hybridized carbons (Fsp3) is 0.143. The van der Waals surface area contributed by atoms with E-state index in [0.29, 0.717) is 11.3 Å². The van der Waals surface area contributed by atoms with E-state index in [2.05, 4.69) is 0 Å². The molecule has 2 rings (SSSR count). The SMILES string of the molecule is Cc1cc(N)ccc1S(=O)(=O)Cc1ccc(F)c(F)c1. The van der Waals surface area contributed by atoms with Gasteiger partial charge in [-0.25, -0.2) is 17.2 Å². The molecule has 0 radical (unpaired) electrons. The zero-order chi connectivity index (χ0) is 14.9. The number of benzene rings is 2. The van der Waals surface area contributed by atoms with Crippen molar-refractivity contribution >= 4 is 15.5 Å². The molecule has 20 heavy (non-hydrogen) atoms. The van der Waals surface area contributed by atoms with Gasteiger partial charge in [-0.3, -0.25) is 0 Å². The van der Waals surface area contributed by atoms with Crippen LogP contribution in [0.4, 0.5) is 14.5 Å². The Hall–Kier alpha value is -1.95. The molecular weight excluding hydrogens is 284 g/mol.